The van der Waals surface area contributed by atoms with Gasteiger partial charge in [-0.05, 0) is 12.5 Å². The summed E-state index contributed by atoms with van der Waals surface area (Å²) in [7, 11) is 0. The number of nitrogens with zero attached hydrogens (tertiary/aromatic N) is 3. The smallest absolute Gasteiger partial charge is 0.268 e. The number of primary amides is 1. The number of hydrogen-bond donors (Lipinski definition) is 3. The van der Waals surface area contributed by atoms with Gasteiger partial charge in [0, 0.05) is 24.7 Å². The molecule has 7 nitrogen and oxygen atoms in total. The van der Waals surface area contributed by atoms with Crippen LogP contribution in [0.25, 0.3) is 11.1 Å². The van der Waals surface area contributed by atoms with Crippen molar-refractivity contribution in [3.8, 4) is 11.1 Å². The summed E-state index contributed by atoms with van der Waals surface area (Å²) in [5.74, 6) is -0.272. The summed E-state index contributed by atoms with van der Waals surface area (Å²) in [5.41, 5.74) is 18.0. The van der Waals surface area contributed by atoms with Crippen molar-refractivity contribution < 1.29 is 4.79 Å². The molecule has 9 heteroatoms. The minimum absolute atomic E-state index is 0.00402. The van der Waals surface area contributed by atoms with E-state index in [1.807, 2.05) is 4.90 Å². The number of halogens is 2. The SMILES string of the molecule is NCC1CCN1c1nc(N)c(-c2cccc(Cl)c2Cl)c(C(N)=O)n1. The third-order valence-corrected chi connectivity index (χ3v) is 4.87. The summed E-state index contributed by atoms with van der Waals surface area (Å²) in [6.07, 6.45) is 0.938. The fourth-order valence-electron chi connectivity index (χ4n) is 2.68. The number of rotatable bonds is 4. The van der Waals surface area contributed by atoms with E-state index in [1.54, 1.807) is 18.2 Å². The van der Waals surface area contributed by atoms with Gasteiger partial charge in [-0.2, -0.15) is 4.98 Å². The molecule has 0 aliphatic carbocycles. The lowest BCUT2D eigenvalue weighted by atomic mass is 10.0. The molecule has 1 fully saturated rings. The topological polar surface area (TPSA) is 124 Å². The maximum absolute atomic E-state index is 11.9. The summed E-state index contributed by atoms with van der Waals surface area (Å²) in [6, 6.07) is 5.14. The van der Waals surface area contributed by atoms with E-state index in [-0.39, 0.29) is 28.1 Å². The Kier molecular flexibility index (Phi) is 4.49. The number of nitrogens with two attached hydrogens (primary N) is 3. The van der Waals surface area contributed by atoms with Crippen molar-refractivity contribution in [2.75, 3.05) is 23.7 Å². The second-order valence-electron chi connectivity index (χ2n) is 5.47. The monoisotopic (exact) mass is 366 g/mol. The van der Waals surface area contributed by atoms with Crippen LogP contribution in [0, 0.1) is 0 Å². The first-order valence-electron chi connectivity index (χ1n) is 7.32. The van der Waals surface area contributed by atoms with Crippen LogP contribution in [-0.2, 0) is 0 Å². The highest BCUT2D eigenvalue weighted by atomic mass is 35.5. The van der Waals surface area contributed by atoms with Gasteiger partial charge in [-0.3, -0.25) is 4.79 Å². The van der Waals surface area contributed by atoms with Gasteiger partial charge in [-0.15, -0.1) is 0 Å². The van der Waals surface area contributed by atoms with E-state index >= 15 is 0 Å². The molecule has 1 amide bonds. The molecular weight excluding hydrogens is 351 g/mol. The van der Waals surface area contributed by atoms with E-state index in [0.717, 1.165) is 13.0 Å². The lowest BCUT2D eigenvalue weighted by Gasteiger charge is -2.40. The van der Waals surface area contributed by atoms with Gasteiger partial charge in [-0.25, -0.2) is 4.98 Å². The average Bonchev–Trinajstić information content (AvgIpc) is 2.49. The number of nitrogen functional groups attached to an aromatic ring is 1. The molecular formula is C15H16Cl2N6O. The Morgan fingerprint density at radius 1 is 1.33 bits per heavy atom. The Morgan fingerprint density at radius 3 is 2.67 bits per heavy atom. The van der Waals surface area contributed by atoms with Gasteiger partial charge in [0.1, 0.15) is 11.5 Å². The zero-order chi connectivity index (χ0) is 17.4. The van der Waals surface area contributed by atoms with Crippen LogP contribution in [0.5, 0.6) is 0 Å². The fraction of sp³-hybridized carbons (Fsp3) is 0.267. The van der Waals surface area contributed by atoms with Crippen molar-refractivity contribution in [3.05, 3.63) is 33.9 Å². The molecule has 2 heterocycles. The predicted molar refractivity (Wildman–Crippen MR) is 95.2 cm³/mol. The molecule has 1 aliphatic rings. The molecule has 1 aromatic heterocycles. The van der Waals surface area contributed by atoms with Crippen LogP contribution >= 0.6 is 23.2 Å². The summed E-state index contributed by atoms with van der Waals surface area (Å²) >= 11 is 12.3. The molecule has 3 rings (SSSR count). The van der Waals surface area contributed by atoms with E-state index in [0.29, 0.717) is 23.1 Å². The summed E-state index contributed by atoms with van der Waals surface area (Å²) in [5, 5.41) is 0.590. The Labute approximate surface area is 148 Å². The van der Waals surface area contributed by atoms with Crippen LogP contribution in [0.3, 0.4) is 0 Å². The average molecular weight is 367 g/mol. The van der Waals surface area contributed by atoms with Crippen molar-refractivity contribution >= 4 is 40.9 Å². The first-order valence-corrected chi connectivity index (χ1v) is 8.08. The first-order chi connectivity index (χ1) is 11.4. The Morgan fingerprint density at radius 2 is 2.08 bits per heavy atom. The zero-order valence-corrected chi connectivity index (χ0v) is 14.2. The molecule has 0 radical (unpaired) electrons. The van der Waals surface area contributed by atoms with Gasteiger partial charge in [0.2, 0.25) is 5.95 Å². The van der Waals surface area contributed by atoms with Gasteiger partial charge in [0.05, 0.1) is 15.6 Å². The molecule has 0 spiro atoms. The second kappa shape index (κ2) is 6.43. The normalized spacial score (nSPS) is 16.8. The molecule has 6 N–H and O–H groups in total. The number of carbonyl (C=O) groups is 1. The third kappa shape index (κ3) is 2.75. The molecule has 0 bridgehead atoms. The highest BCUT2D eigenvalue weighted by Gasteiger charge is 2.31. The Balaban J connectivity index is 2.17. The quantitative estimate of drug-likeness (QED) is 0.755. The maximum atomic E-state index is 11.9. The third-order valence-electron chi connectivity index (χ3n) is 4.05. The number of carbonyl (C=O) groups excluding carboxylic acids is 1. The number of aromatic nitrogens is 2. The highest BCUT2D eigenvalue weighted by molar-refractivity contribution is 6.44. The van der Waals surface area contributed by atoms with Gasteiger partial charge in [0.25, 0.3) is 5.91 Å². The van der Waals surface area contributed by atoms with Crippen LogP contribution in [0.15, 0.2) is 18.2 Å². The standard InChI is InChI=1S/C15H16Cl2N6O/c16-9-3-1-2-8(11(9)17)10-12(14(20)24)21-15(22-13(10)19)23-5-4-7(23)6-18/h1-3,7H,4-6,18H2,(H2,20,24)(H2,19,21,22). The van der Waals surface area contributed by atoms with Crippen LogP contribution in [0.2, 0.25) is 10.0 Å². The number of benzene rings is 1. The molecule has 1 aliphatic heterocycles. The number of hydrogen-bond acceptors (Lipinski definition) is 6. The summed E-state index contributed by atoms with van der Waals surface area (Å²) in [6.45, 7) is 1.22. The van der Waals surface area contributed by atoms with Crippen LogP contribution in [0.1, 0.15) is 16.9 Å². The van der Waals surface area contributed by atoms with E-state index in [1.165, 1.54) is 0 Å². The van der Waals surface area contributed by atoms with E-state index in [2.05, 4.69) is 9.97 Å². The zero-order valence-electron chi connectivity index (χ0n) is 12.7. The minimum Gasteiger partial charge on any atom is -0.383 e. The van der Waals surface area contributed by atoms with Gasteiger partial charge in [-0.1, -0.05) is 35.3 Å². The molecule has 24 heavy (non-hydrogen) atoms. The maximum Gasteiger partial charge on any atom is 0.268 e. The van der Waals surface area contributed by atoms with Crippen molar-refractivity contribution in [2.24, 2.45) is 11.5 Å². The van der Waals surface area contributed by atoms with E-state index < -0.39 is 5.91 Å². The lowest BCUT2D eigenvalue weighted by Crippen LogP contribution is -2.52. The fourth-order valence-corrected chi connectivity index (χ4v) is 3.08. The molecule has 1 saturated heterocycles. The van der Waals surface area contributed by atoms with Crippen molar-refractivity contribution in [3.63, 3.8) is 0 Å². The minimum atomic E-state index is -0.721. The van der Waals surface area contributed by atoms with Crippen molar-refractivity contribution in [2.45, 2.75) is 12.5 Å². The predicted octanol–water partition coefficient (Wildman–Crippen LogP) is 1.67. The van der Waals surface area contributed by atoms with Gasteiger partial charge in [0.15, 0.2) is 0 Å². The van der Waals surface area contributed by atoms with E-state index in [9.17, 15) is 4.79 Å². The van der Waals surface area contributed by atoms with Gasteiger partial charge < -0.3 is 22.1 Å². The molecule has 2 aromatic rings. The summed E-state index contributed by atoms with van der Waals surface area (Å²) < 4.78 is 0. The lowest BCUT2D eigenvalue weighted by molar-refractivity contribution is 0.0996. The first kappa shape index (κ1) is 16.8. The van der Waals surface area contributed by atoms with Crippen molar-refractivity contribution in [1.29, 1.82) is 0 Å². The largest absolute Gasteiger partial charge is 0.383 e. The molecule has 1 unspecified atom stereocenters. The van der Waals surface area contributed by atoms with Crippen LogP contribution in [0.4, 0.5) is 11.8 Å². The second-order valence-corrected chi connectivity index (χ2v) is 6.25. The number of anilines is 2. The van der Waals surface area contributed by atoms with Crippen LogP contribution < -0.4 is 22.1 Å². The van der Waals surface area contributed by atoms with Gasteiger partial charge >= 0.3 is 0 Å². The molecule has 126 valence electrons. The number of amides is 1. The Bertz CT molecular complexity index is 811. The summed E-state index contributed by atoms with van der Waals surface area (Å²) in [4.78, 5) is 22.4. The molecule has 1 aromatic carbocycles. The Hall–Kier alpha value is -2.09. The highest BCUT2D eigenvalue weighted by Crippen LogP contribution is 2.38. The molecule has 1 atom stereocenters. The van der Waals surface area contributed by atoms with E-state index in [4.69, 9.17) is 40.4 Å². The van der Waals surface area contributed by atoms with Crippen LogP contribution in [-0.4, -0.2) is 35.0 Å². The molecule has 0 saturated carbocycles. The van der Waals surface area contributed by atoms with Crippen molar-refractivity contribution in [1.82, 2.24) is 9.97 Å².